The summed E-state index contributed by atoms with van der Waals surface area (Å²) < 4.78 is 2.49. The van der Waals surface area contributed by atoms with E-state index in [1.54, 1.807) is 0 Å². The number of hydrogen-bond acceptors (Lipinski definition) is 2. The van der Waals surface area contributed by atoms with Gasteiger partial charge in [-0.25, -0.2) is 0 Å². The quantitative estimate of drug-likeness (QED) is 0.181. The first-order chi connectivity index (χ1) is 23.8. The van der Waals surface area contributed by atoms with Gasteiger partial charge < -0.3 is 14.2 Å². The summed E-state index contributed by atoms with van der Waals surface area (Å²) in [7, 11) is 0. The summed E-state index contributed by atoms with van der Waals surface area (Å²) in [5.74, 6) is 0. The Kier molecular flexibility index (Phi) is 4.41. The van der Waals surface area contributed by atoms with Gasteiger partial charge in [-0.2, -0.15) is 0 Å². The highest BCUT2D eigenvalue weighted by Crippen LogP contribution is 2.64. The molecule has 0 radical (unpaired) electrons. The summed E-state index contributed by atoms with van der Waals surface area (Å²) in [6.45, 7) is 0. The second kappa shape index (κ2) is 8.52. The molecule has 8 aromatic carbocycles. The number of anilines is 4. The topological polar surface area (TPSA) is 10.9 Å². The van der Waals surface area contributed by atoms with Crippen molar-refractivity contribution in [3.8, 4) is 0 Å². The lowest BCUT2D eigenvalue weighted by Gasteiger charge is -2.45. The molecule has 3 heteroatoms. The highest BCUT2D eigenvalue weighted by molar-refractivity contribution is 6.24. The maximum absolute atomic E-state index is 2.63. The maximum Gasteiger partial charge on any atom is 0.176 e. The first kappa shape index (κ1) is 24.9. The summed E-state index contributed by atoms with van der Waals surface area (Å²) in [6.07, 6.45) is 0. The maximum atomic E-state index is 2.63. The molecule has 0 unspecified atom stereocenters. The van der Waals surface area contributed by atoms with Crippen LogP contribution in [0.1, 0.15) is 11.1 Å². The van der Waals surface area contributed by atoms with Gasteiger partial charge in [0, 0.05) is 44.0 Å². The zero-order valence-electron chi connectivity index (χ0n) is 25.9. The number of aromatic nitrogens is 1. The minimum absolute atomic E-state index is 0.651. The van der Waals surface area contributed by atoms with Gasteiger partial charge in [0.25, 0.3) is 0 Å². The summed E-state index contributed by atoms with van der Waals surface area (Å²) in [5.41, 5.74) is 10.5. The third-order valence-electron chi connectivity index (χ3n) is 11.1. The molecule has 0 N–H and O–H groups in total. The van der Waals surface area contributed by atoms with Gasteiger partial charge in [0.05, 0.1) is 27.9 Å². The van der Waals surface area contributed by atoms with E-state index in [-0.39, 0.29) is 0 Å². The van der Waals surface area contributed by atoms with Gasteiger partial charge in [-0.3, -0.25) is 0 Å². The van der Waals surface area contributed by atoms with Gasteiger partial charge >= 0.3 is 0 Å². The van der Waals surface area contributed by atoms with Crippen molar-refractivity contribution in [1.82, 2.24) is 4.40 Å². The first-order valence-electron chi connectivity index (χ1n) is 16.7. The Bertz CT molecular complexity index is 2910. The smallest absolute Gasteiger partial charge is 0.176 e. The number of nitrogens with zero attached hydrogens (tertiary/aromatic N) is 3. The Labute approximate surface area is 276 Å². The van der Waals surface area contributed by atoms with E-state index >= 15 is 0 Å². The molecule has 10 aromatic rings. The van der Waals surface area contributed by atoms with E-state index < -0.39 is 5.66 Å². The highest BCUT2D eigenvalue weighted by Gasteiger charge is 2.57. The largest absolute Gasteiger partial charge is 0.308 e. The van der Waals surface area contributed by atoms with Crippen LogP contribution in [-0.4, -0.2) is 4.40 Å². The summed E-state index contributed by atoms with van der Waals surface area (Å²) >= 11 is 0. The Morgan fingerprint density at radius 1 is 0.375 bits per heavy atom. The zero-order chi connectivity index (χ0) is 31.1. The Morgan fingerprint density at radius 2 is 0.938 bits per heavy atom. The molecular weight excluding hydrogens is 583 g/mol. The van der Waals surface area contributed by atoms with E-state index in [0.717, 1.165) is 0 Å². The molecule has 2 aromatic heterocycles. The van der Waals surface area contributed by atoms with Crippen LogP contribution in [0.4, 0.5) is 22.7 Å². The first-order valence-corrected chi connectivity index (χ1v) is 16.7. The Morgan fingerprint density at radius 3 is 1.65 bits per heavy atom. The number of fused-ring (bicyclic) bond motifs is 9. The summed E-state index contributed by atoms with van der Waals surface area (Å²) in [6, 6.07) is 61.0. The second-order valence-electron chi connectivity index (χ2n) is 13.3. The average Bonchev–Trinajstić information content (AvgIpc) is 3.85. The van der Waals surface area contributed by atoms with Crippen LogP contribution in [0.15, 0.2) is 164 Å². The standard InChI is InChI=1S/C45H27N3/c1-2-13-30(14-3-1)47-39-21-6-7-22-40(39)48(45(47)36-18-8-11-28-23-24-29-12-9-19-37(45)43(29)42(28)36)31-25-26-33-35-17-10-16-34-32-15-4-5-20-38(32)46(44(34)35)41(33)27-31/h1-27H. The number of benzene rings is 8. The molecule has 0 saturated heterocycles. The monoisotopic (exact) mass is 609 g/mol. The molecule has 0 bridgehead atoms. The van der Waals surface area contributed by atoms with E-state index in [9.17, 15) is 0 Å². The molecule has 3 heterocycles. The van der Waals surface area contributed by atoms with Crippen LogP contribution in [0.3, 0.4) is 0 Å². The highest BCUT2D eigenvalue weighted by atomic mass is 15.5. The molecule has 0 atom stereocenters. The molecule has 1 aliphatic carbocycles. The molecule has 12 rings (SSSR count). The third-order valence-corrected chi connectivity index (χ3v) is 11.1. The average molecular weight is 610 g/mol. The number of rotatable bonds is 2. The summed E-state index contributed by atoms with van der Waals surface area (Å²) in [4.78, 5) is 5.22. The molecule has 1 spiro atoms. The Hall–Kier alpha value is -6.32. The molecular formula is C45H27N3. The van der Waals surface area contributed by atoms with Crippen LogP contribution in [0, 0.1) is 0 Å². The van der Waals surface area contributed by atoms with Gasteiger partial charge in [0.2, 0.25) is 0 Å². The predicted molar refractivity (Wildman–Crippen MR) is 200 cm³/mol. The van der Waals surface area contributed by atoms with Crippen molar-refractivity contribution in [3.63, 3.8) is 0 Å². The molecule has 2 aliphatic rings. The molecule has 48 heavy (non-hydrogen) atoms. The lowest BCUT2D eigenvalue weighted by atomic mass is 9.91. The minimum Gasteiger partial charge on any atom is -0.308 e. The molecule has 1 aliphatic heterocycles. The van der Waals surface area contributed by atoms with Crippen molar-refractivity contribution in [2.45, 2.75) is 5.66 Å². The van der Waals surface area contributed by atoms with Gasteiger partial charge in [-0.05, 0) is 64.0 Å². The van der Waals surface area contributed by atoms with Crippen molar-refractivity contribution in [2.24, 2.45) is 0 Å². The van der Waals surface area contributed by atoms with E-state index in [2.05, 4.69) is 178 Å². The van der Waals surface area contributed by atoms with Crippen LogP contribution in [0.25, 0.3) is 59.6 Å². The predicted octanol–water partition coefficient (Wildman–Crippen LogP) is 11.6. The summed E-state index contributed by atoms with van der Waals surface area (Å²) in [5, 5.41) is 10.4. The van der Waals surface area contributed by atoms with E-state index in [1.807, 2.05) is 0 Å². The lowest BCUT2D eigenvalue weighted by Crippen LogP contribution is -2.50. The third kappa shape index (κ3) is 2.72. The van der Waals surface area contributed by atoms with Gasteiger partial charge in [-0.1, -0.05) is 121 Å². The van der Waals surface area contributed by atoms with Gasteiger partial charge in [0.1, 0.15) is 0 Å². The van der Waals surface area contributed by atoms with Crippen LogP contribution >= 0.6 is 0 Å². The molecule has 0 saturated carbocycles. The number of hydrogen-bond donors (Lipinski definition) is 0. The molecule has 222 valence electrons. The van der Waals surface area contributed by atoms with Crippen molar-refractivity contribution in [3.05, 3.63) is 175 Å². The molecule has 0 amide bonds. The minimum atomic E-state index is -0.651. The molecule has 0 fully saturated rings. The van der Waals surface area contributed by atoms with Crippen LogP contribution in [0.2, 0.25) is 0 Å². The van der Waals surface area contributed by atoms with Gasteiger partial charge in [0.15, 0.2) is 5.66 Å². The second-order valence-corrected chi connectivity index (χ2v) is 13.3. The van der Waals surface area contributed by atoms with Crippen molar-refractivity contribution in [2.75, 3.05) is 9.80 Å². The number of para-hydroxylation sites is 5. The normalized spacial score (nSPS) is 14.8. The van der Waals surface area contributed by atoms with E-state index in [0.29, 0.717) is 0 Å². The fourth-order valence-electron chi connectivity index (χ4n) is 9.44. The molecule has 3 nitrogen and oxygen atoms in total. The van der Waals surface area contributed by atoms with Crippen LogP contribution in [-0.2, 0) is 5.66 Å². The SMILES string of the molecule is c1ccc(N2c3ccccc3N(c3ccc4c5cccc6c7ccccc7n(c4c3)c65)C23c2cccc4ccc5cccc3c5c24)cc1. The van der Waals surface area contributed by atoms with E-state index in [4.69, 9.17) is 0 Å². The van der Waals surface area contributed by atoms with Crippen molar-refractivity contribution < 1.29 is 0 Å². The fraction of sp³-hybridized carbons (Fsp3) is 0.0222. The van der Waals surface area contributed by atoms with Crippen molar-refractivity contribution in [1.29, 1.82) is 0 Å². The zero-order valence-corrected chi connectivity index (χ0v) is 25.9. The fourth-order valence-corrected chi connectivity index (χ4v) is 9.44. The van der Waals surface area contributed by atoms with Crippen molar-refractivity contribution >= 4 is 82.4 Å². The lowest BCUT2D eigenvalue weighted by molar-refractivity contribution is 0.576. The van der Waals surface area contributed by atoms with Crippen LogP contribution < -0.4 is 9.80 Å². The van der Waals surface area contributed by atoms with Gasteiger partial charge in [-0.15, -0.1) is 0 Å². The van der Waals surface area contributed by atoms with E-state index in [1.165, 1.54) is 93.5 Å². The van der Waals surface area contributed by atoms with Crippen LogP contribution in [0.5, 0.6) is 0 Å². The Balaban J connectivity index is 1.26.